The lowest BCUT2D eigenvalue weighted by Crippen LogP contribution is -2.53. The second kappa shape index (κ2) is 2.63. The van der Waals surface area contributed by atoms with Crippen molar-refractivity contribution < 1.29 is 14.6 Å². The summed E-state index contributed by atoms with van der Waals surface area (Å²) in [6.45, 7) is 0. The highest BCUT2D eigenvalue weighted by Crippen LogP contribution is 2.69. The highest BCUT2D eigenvalue weighted by molar-refractivity contribution is 5.26. The van der Waals surface area contributed by atoms with E-state index in [-0.39, 0.29) is 16.9 Å². The van der Waals surface area contributed by atoms with Gasteiger partial charge in [0, 0.05) is 0 Å². The maximum Gasteiger partial charge on any atom is 0.0850 e. The summed E-state index contributed by atoms with van der Waals surface area (Å²) in [5, 5.41) is 10.0. The normalized spacial score (nSPS) is 66.3. The van der Waals surface area contributed by atoms with Gasteiger partial charge in [-0.2, -0.15) is 0 Å². The van der Waals surface area contributed by atoms with Gasteiger partial charge in [-0.15, -0.1) is 0 Å². The second-order valence-electron chi connectivity index (χ2n) is 6.81. The third kappa shape index (κ3) is 1.09. The zero-order valence-corrected chi connectivity index (χ0v) is 9.84. The molecule has 5 aliphatic rings. The predicted molar refractivity (Wildman–Crippen MR) is 60.4 cm³/mol. The van der Waals surface area contributed by atoms with Crippen LogP contribution in [0, 0.1) is 10.8 Å². The topological polar surface area (TPSA) is 45.3 Å². The number of rotatable bonds is 0. The smallest absolute Gasteiger partial charge is 0.0850 e. The number of aliphatic hydroxyl groups is 1. The van der Waals surface area contributed by atoms with Crippen LogP contribution < -0.4 is 0 Å². The Morgan fingerprint density at radius 3 is 2.12 bits per heavy atom. The van der Waals surface area contributed by atoms with E-state index in [4.69, 9.17) is 9.47 Å². The van der Waals surface area contributed by atoms with Crippen molar-refractivity contribution >= 4 is 0 Å². The van der Waals surface area contributed by atoms with Crippen LogP contribution in [-0.4, -0.2) is 35.6 Å². The van der Waals surface area contributed by atoms with Gasteiger partial charge in [0.05, 0.1) is 30.5 Å². The van der Waals surface area contributed by atoms with Crippen molar-refractivity contribution in [1.29, 1.82) is 0 Å². The molecular formula is C14H18O3. The van der Waals surface area contributed by atoms with Crippen LogP contribution in [0.3, 0.4) is 0 Å². The zero-order chi connectivity index (χ0) is 11.3. The largest absolute Gasteiger partial charge is 0.389 e. The Morgan fingerprint density at radius 1 is 0.882 bits per heavy atom. The molecule has 3 nitrogen and oxygen atoms in total. The van der Waals surface area contributed by atoms with E-state index in [1.165, 1.54) is 0 Å². The molecule has 3 aliphatic carbocycles. The second-order valence-corrected chi connectivity index (χ2v) is 6.81. The van der Waals surface area contributed by atoms with E-state index in [2.05, 4.69) is 6.08 Å². The van der Waals surface area contributed by atoms with Crippen LogP contribution in [0.2, 0.25) is 0 Å². The van der Waals surface area contributed by atoms with Crippen LogP contribution in [0.15, 0.2) is 12.2 Å². The third-order valence-corrected chi connectivity index (χ3v) is 5.98. The summed E-state index contributed by atoms with van der Waals surface area (Å²) in [5.74, 6) is 0. The predicted octanol–water partition coefficient (Wildman–Crippen LogP) is 1.40. The number of hydrogen-bond acceptors (Lipinski definition) is 3. The van der Waals surface area contributed by atoms with Crippen LogP contribution in [0.25, 0.3) is 0 Å². The Balaban J connectivity index is 1.64. The molecular weight excluding hydrogens is 216 g/mol. The van der Waals surface area contributed by atoms with Crippen LogP contribution in [0.5, 0.6) is 0 Å². The molecule has 2 unspecified atom stereocenters. The summed E-state index contributed by atoms with van der Waals surface area (Å²) in [4.78, 5) is 0. The van der Waals surface area contributed by atoms with Crippen LogP contribution >= 0.6 is 0 Å². The van der Waals surface area contributed by atoms with Gasteiger partial charge in [-0.05, 0) is 42.9 Å². The van der Waals surface area contributed by atoms with Gasteiger partial charge >= 0.3 is 0 Å². The minimum Gasteiger partial charge on any atom is -0.389 e. The molecule has 17 heavy (non-hydrogen) atoms. The van der Waals surface area contributed by atoms with Crippen LogP contribution in [0.4, 0.5) is 0 Å². The molecule has 0 spiro atoms. The average molecular weight is 234 g/mol. The van der Waals surface area contributed by atoms with Crippen molar-refractivity contribution in [1.82, 2.24) is 0 Å². The SMILES string of the molecule is O[C@@H]1C=CC23C[C@@H]4O[C@H]4CC2(C1)C[C@H]1O[C@H]1C3. The number of hydrogen-bond donors (Lipinski definition) is 1. The van der Waals surface area contributed by atoms with Crippen molar-refractivity contribution in [3.63, 3.8) is 0 Å². The summed E-state index contributed by atoms with van der Waals surface area (Å²) >= 11 is 0. The fourth-order valence-electron chi connectivity index (χ4n) is 5.02. The van der Waals surface area contributed by atoms with Gasteiger partial charge in [-0.1, -0.05) is 12.2 Å². The first kappa shape index (κ1) is 9.54. The molecule has 0 aromatic carbocycles. The fraction of sp³-hybridized carbons (Fsp3) is 0.857. The lowest BCUT2D eigenvalue weighted by Gasteiger charge is -2.56. The van der Waals surface area contributed by atoms with Crippen LogP contribution in [-0.2, 0) is 9.47 Å². The molecule has 3 heteroatoms. The molecule has 5 rings (SSSR count). The minimum absolute atomic E-state index is 0.256. The maximum absolute atomic E-state index is 10.0. The average Bonchev–Trinajstić information content (AvgIpc) is 3.15. The molecule has 0 aromatic rings. The fourth-order valence-corrected chi connectivity index (χ4v) is 5.02. The third-order valence-electron chi connectivity index (χ3n) is 5.98. The summed E-state index contributed by atoms with van der Waals surface area (Å²) in [7, 11) is 0. The van der Waals surface area contributed by atoms with Gasteiger partial charge in [0.15, 0.2) is 0 Å². The lowest BCUT2D eigenvalue weighted by atomic mass is 9.47. The van der Waals surface area contributed by atoms with Gasteiger partial charge in [0.2, 0.25) is 0 Å². The monoisotopic (exact) mass is 234 g/mol. The molecule has 92 valence electrons. The Morgan fingerprint density at radius 2 is 1.47 bits per heavy atom. The van der Waals surface area contributed by atoms with E-state index in [1.807, 2.05) is 6.08 Å². The Hall–Kier alpha value is -0.380. The zero-order valence-electron chi connectivity index (χ0n) is 9.84. The van der Waals surface area contributed by atoms with Gasteiger partial charge in [-0.3, -0.25) is 0 Å². The van der Waals surface area contributed by atoms with E-state index in [9.17, 15) is 5.11 Å². The van der Waals surface area contributed by atoms with Gasteiger partial charge in [-0.25, -0.2) is 0 Å². The first-order valence-electron chi connectivity index (χ1n) is 6.88. The number of fused-ring (bicyclic) bond motifs is 2. The van der Waals surface area contributed by atoms with Crippen molar-refractivity contribution in [3.8, 4) is 0 Å². The first-order chi connectivity index (χ1) is 8.20. The van der Waals surface area contributed by atoms with Crippen molar-refractivity contribution in [3.05, 3.63) is 12.2 Å². The summed E-state index contributed by atoms with van der Waals surface area (Å²) in [5.41, 5.74) is 0.526. The minimum atomic E-state index is -0.256. The van der Waals surface area contributed by atoms with Gasteiger partial charge in [0.25, 0.3) is 0 Å². The molecule has 4 fully saturated rings. The summed E-state index contributed by atoms with van der Waals surface area (Å²) < 4.78 is 11.6. The molecule has 2 saturated carbocycles. The Labute approximate surface area is 101 Å². The molecule has 7 atom stereocenters. The molecule has 2 saturated heterocycles. The highest BCUT2D eigenvalue weighted by Gasteiger charge is 2.69. The van der Waals surface area contributed by atoms with E-state index >= 15 is 0 Å². The first-order valence-corrected chi connectivity index (χ1v) is 6.88. The van der Waals surface area contributed by atoms with Crippen LogP contribution in [0.1, 0.15) is 32.1 Å². The van der Waals surface area contributed by atoms with Crippen molar-refractivity contribution in [2.24, 2.45) is 10.8 Å². The molecule has 0 bridgehead atoms. The standard InChI is InChI=1S/C14H18O3/c15-8-1-2-13-4-9-11(16-9)6-14(13,3-8)7-12-10(5-13)17-12/h1-2,8-12,15H,3-7H2/t8-,9+,10+,11-,12+,13?,14?/m1/s1. The number of ether oxygens (including phenoxy) is 2. The Kier molecular flexibility index (Phi) is 1.48. The van der Waals surface area contributed by atoms with Gasteiger partial charge < -0.3 is 14.6 Å². The number of allylic oxidation sites excluding steroid dienone is 1. The van der Waals surface area contributed by atoms with E-state index in [0.29, 0.717) is 24.4 Å². The van der Waals surface area contributed by atoms with E-state index < -0.39 is 0 Å². The summed E-state index contributed by atoms with van der Waals surface area (Å²) in [6, 6.07) is 0. The van der Waals surface area contributed by atoms with E-state index in [0.717, 1.165) is 32.1 Å². The van der Waals surface area contributed by atoms with Crippen molar-refractivity contribution in [2.45, 2.75) is 62.6 Å². The maximum atomic E-state index is 10.0. The number of aliphatic hydroxyl groups excluding tert-OH is 1. The lowest BCUT2D eigenvalue weighted by molar-refractivity contribution is -0.0382. The molecule has 0 amide bonds. The number of epoxide rings is 2. The molecule has 2 aliphatic heterocycles. The van der Waals surface area contributed by atoms with Gasteiger partial charge in [0.1, 0.15) is 0 Å². The Bertz CT molecular complexity index is 394. The molecule has 2 heterocycles. The highest BCUT2D eigenvalue weighted by atomic mass is 16.6. The quantitative estimate of drug-likeness (QED) is 0.509. The summed E-state index contributed by atoms with van der Waals surface area (Å²) in [6.07, 6.45) is 11.6. The molecule has 1 N–H and O–H groups in total. The van der Waals surface area contributed by atoms with Crippen molar-refractivity contribution in [2.75, 3.05) is 0 Å². The molecule has 0 aromatic heterocycles. The molecule has 0 radical (unpaired) electrons. The van der Waals surface area contributed by atoms with E-state index in [1.54, 1.807) is 0 Å².